The number of primary amides is 1. The molecule has 0 saturated carbocycles. The highest BCUT2D eigenvalue weighted by Gasteiger charge is 2.38. The molecular weight excluding hydrogens is 436 g/mol. The van der Waals surface area contributed by atoms with Crippen LogP contribution in [-0.2, 0) is 23.8 Å². The van der Waals surface area contributed by atoms with E-state index in [4.69, 9.17) is 15.2 Å². The number of benzene rings is 2. The van der Waals surface area contributed by atoms with Crippen LogP contribution in [0.25, 0.3) is 11.3 Å². The Hall–Kier alpha value is -3.21. The number of amides is 1. The third-order valence-corrected chi connectivity index (χ3v) is 8.14. The van der Waals surface area contributed by atoms with E-state index in [1.165, 1.54) is 28.7 Å². The van der Waals surface area contributed by atoms with Gasteiger partial charge in [0.15, 0.2) is 11.5 Å². The third-order valence-electron chi connectivity index (χ3n) is 8.14. The number of hydrogen-bond acceptors (Lipinski definition) is 3. The number of carbonyl (C=O) groups is 1. The molecular formula is C30H36N2O3. The van der Waals surface area contributed by atoms with Gasteiger partial charge in [0.05, 0.1) is 5.56 Å². The molecule has 35 heavy (non-hydrogen) atoms. The van der Waals surface area contributed by atoms with Gasteiger partial charge in [0.2, 0.25) is 6.79 Å². The van der Waals surface area contributed by atoms with Crippen molar-refractivity contribution in [2.75, 3.05) is 6.79 Å². The summed E-state index contributed by atoms with van der Waals surface area (Å²) in [5, 5.41) is 0. The van der Waals surface area contributed by atoms with Crippen LogP contribution in [0, 0.1) is 6.92 Å². The summed E-state index contributed by atoms with van der Waals surface area (Å²) < 4.78 is 13.3. The fraction of sp³-hybridized carbons (Fsp3) is 0.433. The molecule has 0 unspecified atom stereocenters. The minimum absolute atomic E-state index is 0.0994. The molecule has 5 nitrogen and oxygen atoms in total. The van der Waals surface area contributed by atoms with E-state index in [2.05, 4.69) is 57.4 Å². The molecule has 0 fully saturated rings. The SMILES string of the molecule is CCc1cc2c(cc1-c1cc(C(N)=O)c(C)n1Cc1ccc3c(c1)OCO3)C(C)(C)CCC2(C)C. The Labute approximate surface area is 208 Å². The highest BCUT2D eigenvalue weighted by Crippen LogP contribution is 2.48. The predicted octanol–water partition coefficient (Wildman–Crippen LogP) is 6.25. The zero-order valence-electron chi connectivity index (χ0n) is 21.7. The monoisotopic (exact) mass is 472 g/mol. The Balaban J connectivity index is 1.70. The van der Waals surface area contributed by atoms with E-state index in [0.29, 0.717) is 12.1 Å². The summed E-state index contributed by atoms with van der Waals surface area (Å²) in [6.45, 7) is 14.5. The Morgan fingerprint density at radius 2 is 1.63 bits per heavy atom. The van der Waals surface area contributed by atoms with Crippen LogP contribution in [0.2, 0.25) is 0 Å². The number of carbonyl (C=O) groups excluding carboxylic acids is 1. The van der Waals surface area contributed by atoms with Crippen molar-refractivity contribution >= 4 is 5.91 Å². The molecule has 2 aliphatic rings. The summed E-state index contributed by atoms with van der Waals surface area (Å²) in [5.74, 6) is 1.13. The van der Waals surface area contributed by atoms with Crippen LogP contribution in [0.15, 0.2) is 36.4 Å². The molecule has 2 N–H and O–H groups in total. The van der Waals surface area contributed by atoms with Gasteiger partial charge in [0.1, 0.15) is 0 Å². The van der Waals surface area contributed by atoms with Crippen LogP contribution >= 0.6 is 0 Å². The summed E-state index contributed by atoms with van der Waals surface area (Å²) in [4.78, 5) is 12.4. The minimum atomic E-state index is -0.398. The number of rotatable bonds is 5. The number of fused-ring (bicyclic) bond motifs is 2. The van der Waals surface area contributed by atoms with Crippen LogP contribution in [0.4, 0.5) is 0 Å². The second-order valence-corrected chi connectivity index (χ2v) is 11.3. The summed E-state index contributed by atoms with van der Waals surface area (Å²) in [6.07, 6.45) is 3.25. The highest BCUT2D eigenvalue weighted by atomic mass is 16.7. The number of nitrogens with two attached hydrogens (primary N) is 1. The highest BCUT2D eigenvalue weighted by molar-refractivity contribution is 5.96. The van der Waals surface area contributed by atoms with Gasteiger partial charge in [-0.2, -0.15) is 0 Å². The summed E-state index contributed by atoms with van der Waals surface area (Å²) in [6, 6.07) is 12.8. The van der Waals surface area contributed by atoms with E-state index < -0.39 is 5.91 Å². The zero-order valence-corrected chi connectivity index (χ0v) is 21.7. The fourth-order valence-corrected chi connectivity index (χ4v) is 5.73. The first-order valence-corrected chi connectivity index (χ1v) is 12.6. The van der Waals surface area contributed by atoms with Gasteiger partial charge in [-0.3, -0.25) is 4.79 Å². The van der Waals surface area contributed by atoms with Crippen LogP contribution in [0.5, 0.6) is 11.5 Å². The van der Waals surface area contributed by atoms with Crippen molar-refractivity contribution < 1.29 is 14.3 Å². The van der Waals surface area contributed by atoms with Crippen molar-refractivity contribution in [3.05, 3.63) is 69.9 Å². The van der Waals surface area contributed by atoms with Crippen LogP contribution in [-0.4, -0.2) is 17.3 Å². The summed E-state index contributed by atoms with van der Waals surface area (Å²) in [7, 11) is 0. The van der Waals surface area contributed by atoms with E-state index in [-0.39, 0.29) is 17.6 Å². The summed E-state index contributed by atoms with van der Waals surface area (Å²) >= 11 is 0. The van der Waals surface area contributed by atoms with Crippen molar-refractivity contribution in [2.45, 2.75) is 78.2 Å². The lowest BCUT2D eigenvalue weighted by molar-refractivity contribution is 0.0999. The Morgan fingerprint density at radius 1 is 0.971 bits per heavy atom. The first-order valence-electron chi connectivity index (χ1n) is 12.6. The van der Waals surface area contributed by atoms with E-state index in [1.807, 2.05) is 25.1 Å². The molecule has 2 heterocycles. The maximum Gasteiger partial charge on any atom is 0.250 e. The molecule has 0 spiro atoms. The molecule has 0 atom stereocenters. The average Bonchev–Trinajstić information content (AvgIpc) is 3.40. The van der Waals surface area contributed by atoms with Gasteiger partial charge in [-0.1, -0.05) is 46.8 Å². The number of aromatic nitrogens is 1. The quantitative estimate of drug-likeness (QED) is 0.477. The third kappa shape index (κ3) is 3.91. The van der Waals surface area contributed by atoms with Crippen molar-refractivity contribution in [3.63, 3.8) is 0 Å². The fourth-order valence-electron chi connectivity index (χ4n) is 5.73. The predicted molar refractivity (Wildman–Crippen MR) is 139 cm³/mol. The molecule has 0 saturated heterocycles. The Bertz CT molecular complexity index is 1330. The van der Waals surface area contributed by atoms with Gasteiger partial charge >= 0.3 is 0 Å². The van der Waals surface area contributed by atoms with Crippen LogP contribution < -0.4 is 15.2 Å². The lowest BCUT2D eigenvalue weighted by atomic mass is 9.62. The Morgan fingerprint density at radius 3 is 2.29 bits per heavy atom. The van der Waals surface area contributed by atoms with Crippen LogP contribution in [0.1, 0.15) is 85.8 Å². The van der Waals surface area contributed by atoms with E-state index in [9.17, 15) is 4.79 Å². The minimum Gasteiger partial charge on any atom is -0.454 e. The second kappa shape index (κ2) is 8.18. The molecule has 0 bridgehead atoms. The average molecular weight is 473 g/mol. The number of ether oxygens (including phenoxy) is 2. The molecule has 0 radical (unpaired) electrons. The summed E-state index contributed by atoms with van der Waals surface area (Å²) in [5.41, 5.74) is 15.0. The van der Waals surface area contributed by atoms with Gasteiger partial charge in [-0.25, -0.2) is 0 Å². The van der Waals surface area contributed by atoms with Gasteiger partial charge in [-0.15, -0.1) is 0 Å². The lowest BCUT2D eigenvalue weighted by Gasteiger charge is -2.42. The van der Waals surface area contributed by atoms with E-state index in [1.54, 1.807) is 0 Å². The van der Waals surface area contributed by atoms with Crippen molar-refractivity contribution in [1.29, 1.82) is 0 Å². The number of aryl methyl sites for hydroxylation is 1. The van der Waals surface area contributed by atoms with Gasteiger partial charge in [0, 0.05) is 23.5 Å². The molecule has 1 aliphatic heterocycles. The molecule has 3 aromatic rings. The largest absolute Gasteiger partial charge is 0.454 e. The normalized spacial score (nSPS) is 17.3. The zero-order chi connectivity index (χ0) is 25.1. The van der Waals surface area contributed by atoms with Gasteiger partial charge in [-0.05, 0) is 83.5 Å². The molecule has 2 aromatic carbocycles. The lowest BCUT2D eigenvalue weighted by Crippen LogP contribution is -2.34. The second-order valence-electron chi connectivity index (χ2n) is 11.3. The smallest absolute Gasteiger partial charge is 0.250 e. The first-order chi connectivity index (χ1) is 16.5. The molecule has 184 valence electrons. The van der Waals surface area contributed by atoms with Crippen LogP contribution in [0.3, 0.4) is 0 Å². The molecule has 1 amide bonds. The maximum absolute atomic E-state index is 12.4. The molecule has 1 aliphatic carbocycles. The van der Waals surface area contributed by atoms with Crippen molar-refractivity contribution in [2.24, 2.45) is 5.73 Å². The first kappa shape index (κ1) is 23.5. The van der Waals surface area contributed by atoms with Gasteiger partial charge < -0.3 is 19.8 Å². The Kier molecular flexibility index (Phi) is 5.50. The van der Waals surface area contributed by atoms with E-state index >= 15 is 0 Å². The molecule has 5 rings (SSSR count). The van der Waals surface area contributed by atoms with E-state index in [0.717, 1.165) is 41.3 Å². The number of nitrogens with zero attached hydrogens (tertiary/aromatic N) is 1. The van der Waals surface area contributed by atoms with Crippen molar-refractivity contribution in [3.8, 4) is 22.8 Å². The number of hydrogen-bond donors (Lipinski definition) is 1. The van der Waals surface area contributed by atoms with Crippen molar-refractivity contribution in [1.82, 2.24) is 4.57 Å². The topological polar surface area (TPSA) is 66.5 Å². The molecule has 1 aromatic heterocycles. The maximum atomic E-state index is 12.4. The van der Waals surface area contributed by atoms with Gasteiger partial charge in [0.25, 0.3) is 5.91 Å². The molecule has 5 heteroatoms. The standard InChI is InChI=1S/C30H36N2O3/c1-7-20-13-23-24(30(5,6)11-10-29(23,3)4)14-22(20)25-15-21(28(31)33)18(2)32(25)16-19-8-9-26-27(12-19)35-17-34-26/h8-9,12-15H,7,10-11,16-17H2,1-6H3,(H2,31,33).